The van der Waals surface area contributed by atoms with E-state index >= 15 is 0 Å². The number of anilines is 1. The van der Waals surface area contributed by atoms with E-state index < -0.39 is 41.2 Å². The van der Waals surface area contributed by atoms with Gasteiger partial charge in [0, 0.05) is 13.1 Å². The van der Waals surface area contributed by atoms with Gasteiger partial charge < -0.3 is 4.74 Å². The van der Waals surface area contributed by atoms with Crippen molar-refractivity contribution < 1.29 is 31.5 Å². The van der Waals surface area contributed by atoms with Gasteiger partial charge in [-0.2, -0.15) is 13.2 Å². The Morgan fingerprint density at radius 2 is 1.85 bits per heavy atom. The van der Waals surface area contributed by atoms with Gasteiger partial charge in [-0.1, -0.05) is 13.8 Å². The molecule has 2 N–H and O–H groups in total. The van der Waals surface area contributed by atoms with Crippen LogP contribution in [0, 0.1) is 5.92 Å². The van der Waals surface area contributed by atoms with E-state index in [4.69, 9.17) is 0 Å². The molecule has 1 fully saturated rings. The second kappa shape index (κ2) is 7.70. The van der Waals surface area contributed by atoms with Crippen LogP contribution in [0.1, 0.15) is 47.6 Å². The molecule has 26 heavy (non-hydrogen) atoms. The lowest BCUT2D eigenvalue weighted by Crippen LogP contribution is -2.41. The highest BCUT2D eigenvalue weighted by Crippen LogP contribution is 2.41. The minimum absolute atomic E-state index is 0.0506. The average Bonchev–Trinajstić information content (AvgIpc) is 3.05. The lowest BCUT2D eigenvalue weighted by atomic mass is 9.94. The van der Waals surface area contributed by atoms with Gasteiger partial charge in [-0.05, 0) is 17.9 Å². The molecular formula is C15H19F5N4O2. The number of esters is 1. The van der Waals surface area contributed by atoms with Crippen molar-refractivity contribution in [3.05, 3.63) is 22.5 Å². The summed E-state index contributed by atoms with van der Waals surface area (Å²) in [7, 11) is 0.973. The molecule has 6 nitrogen and oxygen atoms in total. The van der Waals surface area contributed by atoms with Crippen molar-refractivity contribution in [2.75, 3.05) is 25.3 Å². The van der Waals surface area contributed by atoms with E-state index in [1.807, 2.05) is 0 Å². The fourth-order valence-corrected chi connectivity index (χ4v) is 2.73. The zero-order valence-corrected chi connectivity index (χ0v) is 14.4. The molecule has 0 amide bonds. The molecular weight excluding hydrogens is 363 g/mol. The minimum Gasteiger partial charge on any atom is -0.465 e. The first-order valence-electron chi connectivity index (χ1n) is 7.85. The number of hydrazine groups is 2. The zero-order chi connectivity index (χ0) is 19.6. The number of carbonyl (C=O) groups is 1. The van der Waals surface area contributed by atoms with Gasteiger partial charge in [-0.25, -0.2) is 34.5 Å². The Kier molecular flexibility index (Phi) is 6.02. The summed E-state index contributed by atoms with van der Waals surface area (Å²) in [6, 6.07) is 0. The normalized spacial score (nSPS) is 15.2. The highest BCUT2D eigenvalue weighted by molar-refractivity contribution is 5.94. The number of hydrogen-bond donors (Lipinski definition) is 2. The van der Waals surface area contributed by atoms with E-state index in [-0.39, 0.29) is 17.9 Å². The summed E-state index contributed by atoms with van der Waals surface area (Å²) in [5.74, 6) is -1.37. The van der Waals surface area contributed by atoms with Crippen LogP contribution in [-0.4, -0.2) is 31.2 Å². The maximum atomic E-state index is 13.6. The molecule has 0 aromatic carbocycles. The van der Waals surface area contributed by atoms with Crippen molar-refractivity contribution >= 4 is 11.7 Å². The molecule has 146 valence electrons. The summed E-state index contributed by atoms with van der Waals surface area (Å²) in [5, 5.41) is 0.981. The van der Waals surface area contributed by atoms with Gasteiger partial charge in [0.25, 0.3) is 6.43 Å². The summed E-state index contributed by atoms with van der Waals surface area (Å²) < 4.78 is 72.1. The summed E-state index contributed by atoms with van der Waals surface area (Å²) in [6.07, 6.45) is -8.42. The Hall–Kier alpha value is -2.01. The molecule has 1 aromatic heterocycles. The van der Waals surface area contributed by atoms with Crippen molar-refractivity contribution in [2.45, 2.75) is 32.9 Å². The third-order valence-corrected chi connectivity index (χ3v) is 3.67. The van der Waals surface area contributed by atoms with Crippen molar-refractivity contribution in [3.63, 3.8) is 0 Å². The van der Waals surface area contributed by atoms with Gasteiger partial charge >= 0.3 is 12.1 Å². The van der Waals surface area contributed by atoms with Gasteiger partial charge in [0.15, 0.2) is 5.69 Å². The Morgan fingerprint density at radius 3 is 2.27 bits per heavy atom. The first-order chi connectivity index (χ1) is 12.1. The monoisotopic (exact) mass is 382 g/mol. The molecule has 0 unspecified atom stereocenters. The Bertz CT molecular complexity index is 673. The third-order valence-electron chi connectivity index (χ3n) is 3.67. The molecule has 0 aliphatic carbocycles. The van der Waals surface area contributed by atoms with E-state index in [0.717, 1.165) is 12.2 Å². The van der Waals surface area contributed by atoms with E-state index in [1.165, 1.54) is 0 Å². The second-order valence-electron chi connectivity index (χ2n) is 6.09. The number of alkyl halides is 5. The molecule has 0 spiro atoms. The number of rotatable bonds is 5. The van der Waals surface area contributed by atoms with Crippen LogP contribution >= 0.6 is 0 Å². The molecule has 2 heterocycles. The molecule has 0 bridgehead atoms. The molecule has 1 aliphatic rings. The number of halogens is 5. The fraction of sp³-hybridized carbons (Fsp3) is 0.600. The Balaban J connectivity index is 2.89. The van der Waals surface area contributed by atoms with Crippen LogP contribution in [0.2, 0.25) is 0 Å². The Labute approximate surface area is 146 Å². The fourth-order valence-electron chi connectivity index (χ4n) is 2.73. The first-order valence-corrected chi connectivity index (χ1v) is 7.85. The van der Waals surface area contributed by atoms with Gasteiger partial charge in [-0.15, -0.1) is 0 Å². The summed E-state index contributed by atoms with van der Waals surface area (Å²) in [6.45, 7) is 4.04. The number of carbonyl (C=O) groups excluding carboxylic acids is 1. The van der Waals surface area contributed by atoms with Crippen molar-refractivity contribution in [1.29, 1.82) is 0 Å². The van der Waals surface area contributed by atoms with E-state index in [2.05, 4.69) is 20.6 Å². The molecule has 2 rings (SSSR count). The number of methoxy groups -OCH3 is 1. The smallest absolute Gasteiger partial charge is 0.435 e. The predicted molar refractivity (Wildman–Crippen MR) is 82.6 cm³/mol. The highest BCUT2D eigenvalue weighted by atomic mass is 19.4. The summed E-state index contributed by atoms with van der Waals surface area (Å²) >= 11 is 0. The van der Waals surface area contributed by atoms with Gasteiger partial charge in [-0.3, -0.25) is 0 Å². The van der Waals surface area contributed by atoms with E-state index in [9.17, 15) is 26.7 Å². The predicted octanol–water partition coefficient (Wildman–Crippen LogP) is 2.85. The van der Waals surface area contributed by atoms with Crippen LogP contribution in [0.25, 0.3) is 0 Å². The number of ether oxygens (including phenoxy) is 1. The number of hydrogen-bond acceptors (Lipinski definition) is 6. The van der Waals surface area contributed by atoms with Crippen molar-refractivity contribution in [2.24, 2.45) is 5.92 Å². The maximum absolute atomic E-state index is 13.6. The number of pyridine rings is 1. The van der Waals surface area contributed by atoms with E-state index in [1.54, 1.807) is 13.8 Å². The number of aromatic nitrogens is 1. The highest BCUT2D eigenvalue weighted by Gasteiger charge is 2.43. The second-order valence-corrected chi connectivity index (χ2v) is 6.09. The topological polar surface area (TPSA) is 66.5 Å². The minimum atomic E-state index is -4.99. The van der Waals surface area contributed by atoms with Crippen LogP contribution in [0.3, 0.4) is 0 Å². The molecule has 0 radical (unpaired) electrons. The van der Waals surface area contributed by atoms with Crippen molar-refractivity contribution in [1.82, 2.24) is 15.8 Å². The number of nitrogens with zero attached hydrogens (tertiary/aromatic N) is 2. The molecule has 11 heteroatoms. The van der Waals surface area contributed by atoms with E-state index in [0.29, 0.717) is 13.1 Å². The lowest BCUT2D eigenvalue weighted by molar-refractivity contribution is -0.141. The summed E-state index contributed by atoms with van der Waals surface area (Å²) in [5.41, 5.74) is 1.32. The van der Waals surface area contributed by atoms with Crippen LogP contribution < -0.4 is 16.0 Å². The lowest BCUT2D eigenvalue weighted by Gasteiger charge is -2.28. The largest absolute Gasteiger partial charge is 0.465 e. The maximum Gasteiger partial charge on any atom is 0.435 e. The first kappa shape index (κ1) is 20.3. The van der Waals surface area contributed by atoms with Crippen molar-refractivity contribution in [3.8, 4) is 0 Å². The van der Waals surface area contributed by atoms with Crippen LogP contribution in [0.15, 0.2) is 0 Å². The van der Waals surface area contributed by atoms with Crippen LogP contribution in [0.5, 0.6) is 0 Å². The third kappa shape index (κ3) is 4.04. The molecule has 1 aromatic rings. The van der Waals surface area contributed by atoms with Crippen LogP contribution in [0.4, 0.5) is 27.6 Å². The molecule has 1 saturated heterocycles. The molecule has 0 saturated carbocycles. The molecule has 1 aliphatic heterocycles. The molecule has 0 atom stereocenters. The standard InChI is InChI=1S/C15H19F5N4O2/c1-7(2)6-8-9(14(25)26-3)10(13(16)17)23-12(15(18,19)20)11(8)24-21-4-5-22-24/h7,13,21-22H,4-6H2,1-3H3. The summed E-state index contributed by atoms with van der Waals surface area (Å²) in [4.78, 5) is 15.3. The van der Waals surface area contributed by atoms with Gasteiger partial charge in [0.1, 0.15) is 11.4 Å². The number of nitrogens with one attached hydrogen (secondary N) is 2. The van der Waals surface area contributed by atoms with Gasteiger partial charge in [0.05, 0.1) is 12.7 Å². The zero-order valence-electron chi connectivity index (χ0n) is 14.4. The van der Waals surface area contributed by atoms with Gasteiger partial charge in [0.2, 0.25) is 0 Å². The Morgan fingerprint density at radius 1 is 1.27 bits per heavy atom. The average molecular weight is 382 g/mol. The van der Waals surface area contributed by atoms with Crippen LogP contribution in [-0.2, 0) is 17.3 Å². The quantitative estimate of drug-likeness (QED) is 0.603. The SMILES string of the molecule is COC(=O)c1c(C(F)F)nc(C(F)(F)F)c(N2NCCN2)c1CC(C)C.